The third-order valence-corrected chi connectivity index (χ3v) is 3.61. The molecule has 1 heterocycles. The number of hydrogen-bond donors (Lipinski definition) is 1. The molecule has 2 nitrogen and oxygen atoms in total. The molecule has 0 radical (unpaired) electrons. The molecule has 0 amide bonds. The highest BCUT2D eigenvalue weighted by Crippen LogP contribution is 2.32. The van der Waals surface area contributed by atoms with Crippen molar-refractivity contribution in [2.24, 2.45) is 0 Å². The zero-order valence-corrected chi connectivity index (χ0v) is 9.97. The molecule has 1 aromatic heterocycles. The van der Waals surface area contributed by atoms with Gasteiger partial charge in [0.2, 0.25) is 0 Å². The SMILES string of the molecule is Nc1c2c(nc3c(F)ccc(F)c13)CCCCC2. The maximum Gasteiger partial charge on any atom is 0.149 e. The Morgan fingerprint density at radius 1 is 1.00 bits per heavy atom. The molecular formula is C14H14F2N2. The van der Waals surface area contributed by atoms with E-state index < -0.39 is 11.6 Å². The van der Waals surface area contributed by atoms with Gasteiger partial charge >= 0.3 is 0 Å². The molecule has 2 aromatic rings. The van der Waals surface area contributed by atoms with E-state index in [-0.39, 0.29) is 10.9 Å². The molecule has 1 aliphatic carbocycles. The van der Waals surface area contributed by atoms with E-state index >= 15 is 0 Å². The van der Waals surface area contributed by atoms with Gasteiger partial charge in [-0.25, -0.2) is 13.8 Å². The Hall–Kier alpha value is -1.71. The Morgan fingerprint density at radius 2 is 1.72 bits per heavy atom. The second kappa shape index (κ2) is 4.19. The van der Waals surface area contributed by atoms with E-state index in [1.807, 2.05) is 0 Å². The zero-order chi connectivity index (χ0) is 12.7. The summed E-state index contributed by atoms with van der Waals surface area (Å²) in [5.41, 5.74) is 8.21. The zero-order valence-electron chi connectivity index (χ0n) is 9.97. The van der Waals surface area contributed by atoms with Crippen molar-refractivity contribution in [2.45, 2.75) is 32.1 Å². The van der Waals surface area contributed by atoms with Gasteiger partial charge in [-0.2, -0.15) is 0 Å². The first-order chi connectivity index (χ1) is 8.68. The van der Waals surface area contributed by atoms with E-state index in [1.165, 1.54) is 0 Å². The molecule has 0 saturated heterocycles. The van der Waals surface area contributed by atoms with Gasteiger partial charge in [0.15, 0.2) is 0 Å². The number of fused-ring (bicyclic) bond motifs is 2. The number of nitrogen functional groups attached to an aromatic ring is 1. The summed E-state index contributed by atoms with van der Waals surface area (Å²) in [5, 5.41) is 0.135. The number of hydrogen-bond acceptors (Lipinski definition) is 2. The number of rotatable bonds is 0. The molecule has 0 bridgehead atoms. The topological polar surface area (TPSA) is 38.9 Å². The molecule has 0 fully saturated rings. The smallest absolute Gasteiger partial charge is 0.149 e. The fourth-order valence-electron chi connectivity index (χ4n) is 2.67. The van der Waals surface area contributed by atoms with Gasteiger partial charge in [0.25, 0.3) is 0 Å². The van der Waals surface area contributed by atoms with Crippen molar-refractivity contribution >= 4 is 16.6 Å². The summed E-state index contributed by atoms with van der Waals surface area (Å²) in [4.78, 5) is 4.30. The summed E-state index contributed by atoms with van der Waals surface area (Å²) in [6.45, 7) is 0. The van der Waals surface area contributed by atoms with E-state index in [0.29, 0.717) is 5.69 Å². The van der Waals surface area contributed by atoms with Crippen LogP contribution >= 0.6 is 0 Å². The fraction of sp³-hybridized carbons (Fsp3) is 0.357. The van der Waals surface area contributed by atoms with Gasteiger partial charge in [0, 0.05) is 11.4 Å². The molecule has 4 heteroatoms. The van der Waals surface area contributed by atoms with Crippen molar-refractivity contribution in [1.82, 2.24) is 4.98 Å². The molecular weight excluding hydrogens is 234 g/mol. The average Bonchev–Trinajstić information content (AvgIpc) is 2.59. The van der Waals surface area contributed by atoms with Crippen LogP contribution in [0, 0.1) is 11.6 Å². The van der Waals surface area contributed by atoms with Crippen molar-refractivity contribution in [3.8, 4) is 0 Å². The quantitative estimate of drug-likeness (QED) is 0.726. The van der Waals surface area contributed by atoms with Crippen molar-refractivity contribution in [3.63, 3.8) is 0 Å². The van der Waals surface area contributed by atoms with Gasteiger partial charge in [-0.1, -0.05) is 6.42 Å². The normalized spacial score (nSPS) is 15.4. The minimum absolute atomic E-state index is 0.0631. The highest BCUT2D eigenvalue weighted by atomic mass is 19.1. The van der Waals surface area contributed by atoms with Crippen LogP contribution < -0.4 is 5.73 Å². The molecule has 18 heavy (non-hydrogen) atoms. The summed E-state index contributed by atoms with van der Waals surface area (Å²) in [5.74, 6) is -1.01. The molecule has 1 aromatic carbocycles. The van der Waals surface area contributed by atoms with Gasteiger partial charge in [0.1, 0.15) is 17.2 Å². The Morgan fingerprint density at radius 3 is 2.56 bits per heavy atom. The van der Waals surface area contributed by atoms with Gasteiger partial charge in [-0.3, -0.25) is 0 Å². The lowest BCUT2D eigenvalue weighted by molar-refractivity contribution is 0.614. The maximum atomic E-state index is 13.8. The van der Waals surface area contributed by atoms with E-state index in [2.05, 4.69) is 4.98 Å². The summed E-state index contributed by atoms with van der Waals surface area (Å²) >= 11 is 0. The lowest BCUT2D eigenvalue weighted by Crippen LogP contribution is -2.05. The maximum absolute atomic E-state index is 13.8. The molecule has 2 N–H and O–H groups in total. The number of nitrogens with zero attached hydrogens (tertiary/aromatic N) is 1. The van der Waals surface area contributed by atoms with Crippen LogP contribution in [0.3, 0.4) is 0 Å². The van der Waals surface area contributed by atoms with Crippen molar-refractivity contribution in [2.75, 3.05) is 5.73 Å². The second-order valence-electron chi connectivity index (χ2n) is 4.76. The van der Waals surface area contributed by atoms with Crippen LogP contribution in [0.5, 0.6) is 0 Å². The van der Waals surface area contributed by atoms with Crippen LogP contribution in [0.2, 0.25) is 0 Å². The largest absolute Gasteiger partial charge is 0.398 e. The van der Waals surface area contributed by atoms with Gasteiger partial charge in [0.05, 0.1) is 5.39 Å². The van der Waals surface area contributed by atoms with Crippen LogP contribution in [0.1, 0.15) is 30.5 Å². The Balaban J connectivity index is 2.38. The summed E-state index contributed by atoms with van der Waals surface area (Å²) < 4.78 is 27.5. The fourth-order valence-corrected chi connectivity index (χ4v) is 2.67. The molecule has 0 saturated carbocycles. The molecule has 3 rings (SSSR count). The predicted molar refractivity (Wildman–Crippen MR) is 67.3 cm³/mol. The van der Waals surface area contributed by atoms with Gasteiger partial charge < -0.3 is 5.73 Å². The van der Waals surface area contributed by atoms with E-state index in [9.17, 15) is 8.78 Å². The molecule has 0 atom stereocenters. The highest BCUT2D eigenvalue weighted by Gasteiger charge is 2.19. The third kappa shape index (κ3) is 1.64. The van der Waals surface area contributed by atoms with Gasteiger partial charge in [-0.05, 0) is 43.4 Å². The monoisotopic (exact) mass is 248 g/mol. The summed E-state index contributed by atoms with van der Waals surface area (Å²) in [7, 11) is 0. The molecule has 94 valence electrons. The first-order valence-electron chi connectivity index (χ1n) is 6.23. The highest BCUT2D eigenvalue weighted by molar-refractivity contribution is 5.93. The number of pyridine rings is 1. The lowest BCUT2D eigenvalue weighted by Gasteiger charge is -2.12. The standard InChI is InChI=1S/C14H14F2N2/c15-9-6-7-10(16)14-12(9)13(17)8-4-2-1-3-5-11(8)18-14/h6-7H,1-5H2,(H2,17,18). The number of aromatic nitrogens is 1. The predicted octanol–water partition coefficient (Wildman–Crippen LogP) is 3.36. The third-order valence-electron chi connectivity index (χ3n) is 3.61. The minimum atomic E-state index is -0.509. The number of aryl methyl sites for hydroxylation is 1. The Bertz CT molecular complexity index is 623. The minimum Gasteiger partial charge on any atom is -0.398 e. The van der Waals surface area contributed by atoms with Crippen LogP contribution in [0.15, 0.2) is 12.1 Å². The van der Waals surface area contributed by atoms with E-state index in [1.54, 1.807) is 0 Å². The van der Waals surface area contributed by atoms with Gasteiger partial charge in [-0.15, -0.1) is 0 Å². The van der Waals surface area contributed by atoms with Crippen molar-refractivity contribution in [1.29, 1.82) is 0 Å². The first-order valence-corrected chi connectivity index (χ1v) is 6.23. The van der Waals surface area contributed by atoms with Crippen LogP contribution in [0.4, 0.5) is 14.5 Å². The number of nitrogens with two attached hydrogens (primary N) is 1. The average molecular weight is 248 g/mol. The van der Waals surface area contributed by atoms with Crippen molar-refractivity contribution in [3.05, 3.63) is 35.0 Å². The molecule has 0 unspecified atom stereocenters. The number of halogens is 2. The Labute approximate surface area is 104 Å². The van der Waals surface area contributed by atoms with Crippen LogP contribution in [0.25, 0.3) is 10.9 Å². The summed E-state index contributed by atoms with van der Waals surface area (Å²) in [6.07, 6.45) is 4.77. The van der Waals surface area contributed by atoms with Crippen molar-refractivity contribution < 1.29 is 8.78 Å². The first kappa shape index (κ1) is 11.4. The summed E-state index contributed by atoms with van der Waals surface area (Å²) in [6, 6.07) is 2.21. The van der Waals surface area contributed by atoms with E-state index in [4.69, 9.17) is 5.73 Å². The number of benzene rings is 1. The Kier molecular flexibility index (Phi) is 2.65. The lowest BCUT2D eigenvalue weighted by atomic mass is 10.0. The van der Waals surface area contributed by atoms with E-state index in [0.717, 1.165) is 55.5 Å². The molecule has 0 aliphatic heterocycles. The van der Waals surface area contributed by atoms with Crippen LogP contribution in [-0.2, 0) is 12.8 Å². The molecule has 1 aliphatic rings. The van der Waals surface area contributed by atoms with Crippen LogP contribution in [-0.4, -0.2) is 4.98 Å². The second-order valence-corrected chi connectivity index (χ2v) is 4.76. The number of anilines is 1. The molecule has 0 spiro atoms.